The maximum absolute atomic E-state index is 13.8. The fourth-order valence-corrected chi connectivity index (χ4v) is 5.12. The third-order valence-corrected chi connectivity index (χ3v) is 6.69. The van der Waals surface area contributed by atoms with Crippen molar-refractivity contribution in [2.24, 2.45) is 0 Å². The topological polar surface area (TPSA) is 58.6 Å². The monoisotopic (exact) mass is 434 g/mol. The molecule has 160 valence electrons. The van der Waals surface area contributed by atoms with Gasteiger partial charge < -0.3 is 15.0 Å². The Bertz CT molecular complexity index is 1060. The predicted octanol–water partition coefficient (Wildman–Crippen LogP) is 4.88. The quantitative estimate of drug-likeness (QED) is 0.577. The van der Waals surface area contributed by atoms with E-state index in [4.69, 9.17) is 4.74 Å². The second-order valence-corrected chi connectivity index (χ2v) is 8.50. The van der Waals surface area contributed by atoms with E-state index in [-0.39, 0.29) is 17.9 Å². The van der Waals surface area contributed by atoms with E-state index >= 15 is 0 Å². The van der Waals surface area contributed by atoms with E-state index in [1.54, 1.807) is 23.3 Å². The summed E-state index contributed by atoms with van der Waals surface area (Å²) >= 11 is 1.56. The summed E-state index contributed by atoms with van der Waals surface area (Å²) in [5.74, 6) is -0.694. The van der Waals surface area contributed by atoms with Crippen molar-refractivity contribution in [3.63, 3.8) is 0 Å². The maximum atomic E-state index is 13.8. The number of nitrogens with zero attached hydrogens (tertiary/aromatic N) is 1. The number of fused-ring (bicyclic) bond motifs is 1. The number of thiophene rings is 1. The molecular weight excluding hydrogens is 408 g/mol. The van der Waals surface area contributed by atoms with Crippen molar-refractivity contribution in [2.75, 3.05) is 25.6 Å². The molecule has 5 nitrogen and oxygen atoms in total. The lowest BCUT2D eigenvalue weighted by atomic mass is 9.81. The van der Waals surface area contributed by atoms with Crippen LogP contribution in [0.2, 0.25) is 0 Å². The standard InChI is InChI=1S/C25H26N2O3S/c1-3-17-9-4-7-12-20(17)26-24(28)22-18-10-5-6-11-19(18)25(29)27(14-15-30-2)23(22)21-13-8-16-31-21/h4-13,16,22-23H,3,14-15H2,1-2H3,(H,26,28)/t22-,23+/m0/s1. The summed E-state index contributed by atoms with van der Waals surface area (Å²) in [6.45, 7) is 2.89. The molecule has 2 heterocycles. The van der Waals surface area contributed by atoms with Gasteiger partial charge in [0, 0.05) is 29.8 Å². The van der Waals surface area contributed by atoms with Crippen LogP contribution in [0.1, 0.15) is 45.2 Å². The van der Waals surface area contributed by atoms with Crippen molar-refractivity contribution in [2.45, 2.75) is 25.3 Å². The Hall–Kier alpha value is -2.96. The molecule has 31 heavy (non-hydrogen) atoms. The predicted molar refractivity (Wildman–Crippen MR) is 124 cm³/mol. The minimum absolute atomic E-state index is 0.0657. The molecule has 1 aromatic heterocycles. The molecule has 1 N–H and O–H groups in total. The number of benzene rings is 2. The molecule has 3 aromatic rings. The van der Waals surface area contributed by atoms with Crippen LogP contribution in [0.4, 0.5) is 5.69 Å². The Morgan fingerprint density at radius 3 is 2.61 bits per heavy atom. The van der Waals surface area contributed by atoms with Gasteiger partial charge in [-0.1, -0.05) is 49.4 Å². The van der Waals surface area contributed by atoms with Gasteiger partial charge in [-0.05, 0) is 41.1 Å². The Kier molecular flexibility index (Phi) is 6.49. The molecule has 0 saturated carbocycles. The number of para-hydroxylation sites is 1. The highest BCUT2D eigenvalue weighted by atomic mass is 32.1. The molecule has 1 aliphatic heterocycles. The highest BCUT2D eigenvalue weighted by Gasteiger charge is 2.44. The second-order valence-electron chi connectivity index (χ2n) is 7.52. The molecule has 2 aromatic carbocycles. The first-order valence-corrected chi connectivity index (χ1v) is 11.3. The van der Waals surface area contributed by atoms with Gasteiger partial charge in [0.15, 0.2) is 0 Å². The SMILES string of the molecule is CCc1ccccc1NC(=O)[C@H]1c2ccccc2C(=O)N(CCOC)[C@@H]1c1cccs1. The molecule has 2 atom stereocenters. The smallest absolute Gasteiger partial charge is 0.254 e. The number of aryl methyl sites for hydroxylation is 1. The number of methoxy groups -OCH3 is 1. The summed E-state index contributed by atoms with van der Waals surface area (Å²) in [5.41, 5.74) is 3.25. The Morgan fingerprint density at radius 2 is 1.87 bits per heavy atom. The van der Waals surface area contributed by atoms with E-state index in [1.165, 1.54) is 0 Å². The van der Waals surface area contributed by atoms with Crippen LogP contribution < -0.4 is 5.32 Å². The highest BCUT2D eigenvalue weighted by Crippen LogP contribution is 2.44. The van der Waals surface area contributed by atoms with Gasteiger partial charge in [0.25, 0.3) is 5.91 Å². The van der Waals surface area contributed by atoms with Gasteiger partial charge in [0.05, 0.1) is 18.6 Å². The van der Waals surface area contributed by atoms with E-state index in [0.717, 1.165) is 28.1 Å². The number of rotatable bonds is 7. The van der Waals surface area contributed by atoms with Gasteiger partial charge in [-0.2, -0.15) is 0 Å². The largest absolute Gasteiger partial charge is 0.383 e. The number of carbonyl (C=O) groups excluding carboxylic acids is 2. The lowest BCUT2D eigenvalue weighted by Gasteiger charge is -2.41. The fraction of sp³-hybridized carbons (Fsp3) is 0.280. The summed E-state index contributed by atoms with van der Waals surface area (Å²) in [5, 5.41) is 5.13. The van der Waals surface area contributed by atoms with Crippen LogP contribution in [-0.2, 0) is 16.0 Å². The number of anilines is 1. The molecule has 6 heteroatoms. The minimum atomic E-state index is -0.519. The second kappa shape index (κ2) is 9.45. The van der Waals surface area contributed by atoms with Crippen molar-refractivity contribution in [1.82, 2.24) is 4.90 Å². The molecule has 1 aliphatic rings. The van der Waals surface area contributed by atoms with Gasteiger partial charge in [-0.25, -0.2) is 0 Å². The average Bonchev–Trinajstić information content (AvgIpc) is 3.33. The number of hydrogen-bond donors (Lipinski definition) is 1. The molecule has 4 rings (SSSR count). The molecule has 2 amide bonds. The van der Waals surface area contributed by atoms with Crippen molar-refractivity contribution in [1.29, 1.82) is 0 Å². The molecule has 0 unspecified atom stereocenters. The van der Waals surface area contributed by atoms with Gasteiger partial charge in [0.2, 0.25) is 5.91 Å². The highest BCUT2D eigenvalue weighted by molar-refractivity contribution is 7.10. The minimum Gasteiger partial charge on any atom is -0.383 e. The van der Waals surface area contributed by atoms with Gasteiger partial charge in [-0.3, -0.25) is 9.59 Å². The zero-order chi connectivity index (χ0) is 21.8. The first kappa shape index (κ1) is 21.3. The van der Waals surface area contributed by atoms with Crippen LogP contribution in [0.25, 0.3) is 0 Å². The normalized spacial score (nSPS) is 18.0. The molecule has 0 radical (unpaired) electrons. The van der Waals surface area contributed by atoms with E-state index in [0.29, 0.717) is 18.7 Å². The van der Waals surface area contributed by atoms with Gasteiger partial charge in [-0.15, -0.1) is 11.3 Å². The fourth-order valence-electron chi connectivity index (χ4n) is 4.25. The number of carbonyl (C=O) groups is 2. The summed E-state index contributed by atoms with van der Waals surface area (Å²) in [4.78, 5) is 29.9. The third kappa shape index (κ3) is 4.13. The third-order valence-electron chi connectivity index (χ3n) is 5.75. The Labute approximate surface area is 186 Å². The zero-order valence-corrected chi connectivity index (χ0v) is 18.5. The molecule has 0 spiro atoms. The molecule has 0 aliphatic carbocycles. The lowest BCUT2D eigenvalue weighted by molar-refractivity contribution is -0.119. The van der Waals surface area contributed by atoms with Crippen LogP contribution >= 0.6 is 11.3 Å². The first-order chi connectivity index (χ1) is 15.2. The summed E-state index contributed by atoms with van der Waals surface area (Å²) in [7, 11) is 1.62. The first-order valence-electron chi connectivity index (χ1n) is 10.5. The number of amides is 2. The Balaban J connectivity index is 1.80. The summed E-state index contributed by atoms with van der Waals surface area (Å²) in [6, 6.07) is 18.9. The van der Waals surface area contributed by atoms with Crippen LogP contribution in [-0.4, -0.2) is 37.0 Å². The van der Waals surface area contributed by atoms with E-state index in [9.17, 15) is 9.59 Å². The van der Waals surface area contributed by atoms with E-state index in [1.807, 2.05) is 66.0 Å². The van der Waals surface area contributed by atoms with E-state index in [2.05, 4.69) is 12.2 Å². The number of hydrogen-bond acceptors (Lipinski definition) is 4. The molecule has 0 bridgehead atoms. The molecule has 0 saturated heterocycles. The number of ether oxygens (including phenoxy) is 1. The van der Waals surface area contributed by atoms with Crippen LogP contribution in [0.15, 0.2) is 66.0 Å². The lowest BCUT2D eigenvalue weighted by Crippen LogP contribution is -2.47. The average molecular weight is 435 g/mol. The number of nitrogens with one attached hydrogen (secondary N) is 1. The zero-order valence-electron chi connectivity index (χ0n) is 17.7. The van der Waals surface area contributed by atoms with Crippen LogP contribution in [0.3, 0.4) is 0 Å². The van der Waals surface area contributed by atoms with Crippen LogP contribution in [0, 0.1) is 0 Å². The van der Waals surface area contributed by atoms with Crippen molar-refractivity contribution < 1.29 is 14.3 Å². The Morgan fingerprint density at radius 1 is 1.10 bits per heavy atom. The molecular formula is C25H26N2O3S. The van der Waals surface area contributed by atoms with E-state index < -0.39 is 5.92 Å². The van der Waals surface area contributed by atoms with Gasteiger partial charge >= 0.3 is 0 Å². The molecule has 0 fully saturated rings. The van der Waals surface area contributed by atoms with Crippen molar-refractivity contribution >= 4 is 28.8 Å². The van der Waals surface area contributed by atoms with Gasteiger partial charge in [0.1, 0.15) is 0 Å². The van der Waals surface area contributed by atoms with Crippen LogP contribution in [0.5, 0.6) is 0 Å². The summed E-state index contributed by atoms with van der Waals surface area (Å²) < 4.78 is 5.28. The summed E-state index contributed by atoms with van der Waals surface area (Å²) in [6.07, 6.45) is 0.824. The van der Waals surface area contributed by atoms with Crippen molar-refractivity contribution in [3.05, 3.63) is 87.6 Å². The van der Waals surface area contributed by atoms with Crippen molar-refractivity contribution in [3.8, 4) is 0 Å². The maximum Gasteiger partial charge on any atom is 0.254 e.